The monoisotopic (exact) mass is 525 g/mol. The number of anilines is 4. The molecule has 1 atom stereocenters. The lowest BCUT2D eigenvalue weighted by atomic mass is 10.0. The Morgan fingerprint density at radius 1 is 1.00 bits per heavy atom. The number of rotatable bonds is 10. The molecule has 0 aliphatic carbocycles. The van der Waals surface area contributed by atoms with Gasteiger partial charge in [0.1, 0.15) is 6.04 Å². The minimum atomic E-state index is -0.405. The Morgan fingerprint density at radius 3 is 2.41 bits per heavy atom. The molecule has 1 fully saturated rings. The molecule has 0 saturated carbocycles. The molecule has 8 heteroatoms. The van der Waals surface area contributed by atoms with E-state index in [1.54, 1.807) is 0 Å². The Labute approximate surface area is 229 Å². The van der Waals surface area contributed by atoms with Gasteiger partial charge in [0.2, 0.25) is 17.7 Å². The van der Waals surface area contributed by atoms with Gasteiger partial charge in [-0.3, -0.25) is 14.4 Å². The Hall–Kier alpha value is -4.33. The average Bonchev–Trinajstić information content (AvgIpc) is 3.34. The lowest BCUT2D eigenvalue weighted by Gasteiger charge is -2.31. The highest BCUT2D eigenvalue weighted by Gasteiger charge is 2.28. The highest BCUT2D eigenvalue weighted by Crippen LogP contribution is 2.38. The molecule has 0 spiro atoms. The minimum Gasteiger partial charge on any atom is -0.373 e. The van der Waals surface area contributed by atoms with E-state index in [-0.39, 0.29) is 24.1 Å². The zero-order chi connectivity index (χ0) is 27.2. The molecule has 5 rings (SSSR count). The lowest BCUT2D eigenvalue weighted by molar-refractivity contribution is -0.127. The van der Waals surface area contributed by atoms with E-state index in [0.29, 0.717) is 30.8 Å². The Morgan fingerprint density at radius 2 is 1.72 bits per heavy atom. The first-order chi connectivity index (χ1) is 19.0. The fourth-order valence-electron chi connectivity index (χ4n) is 5.23. The molecule has 3 aromatic carbocycles. The summed E-state index contributed by atoms with van der Waals surface area (Å²) in [6, 6.07) is 23.0. The number of likely N-dealkylation sites (tertiary alicyclic amines) is 1. The second-order valence-electron chi connectivity index (χ2n) is 10.3. The standard InChI is InChI=1S/C31H35N5O3/c1-35(15-9-17-36-16-8-14-30(36)38)28-21-25-24(20-26(28)33-29(37)19-23-12-6-3-7-13-23)34-31(39)27(32-25)18-22-10-4-2-5-11-22/h2-7,10-13,20-21,27,32H,8-9,14-19H2,1H3,(H,33,37)(H,34,39). The average molecular weight is 526 g/mol. The third-order valence-corrected chi connectivity index (χ3v) is 7.31. The molecule has 0 aromatic heterocycles. The molecule has 2 heterocycles. The van der Waals surface area contributed by atoms with Crippen molar-refractivity contribution >= 4 is 40.5 Å². The number of amides is 3. The van der Waals surface area contributed by atoms with Crippen LogP contribution in [-0.4, -0.2) is 55.3 Å². The molecule has 1 saturated heterocycles. The second kappa shape index (κ2) is 12.0. The van der Waals surface area contributed by atoms with Gasteiger partial charge in [-0.1, -0.05) is 60.7 Å². The number of fused-ring (bicyclic) bond motifs is 1. The lowest BCUT2D eigenvalue weighted by Crippen LogP contribution is -2.40. The van der Waals surface area contributed by atoms with E-state index >= 15 is 0 Å². The van der Waals surface area contributed by atoms with Crippen LogP contribution >= 0.6 is 0 Å². The van der Waals surface area contributed by atoms with Crippen LogP contribution < -0.4 is 20.9 Å². The fraction of sp³-hybridized carbons (Fsp3) is 0.323. The zero-order valence-corrected chi connectivity index (χ0v) is 22.3. The summed E-state index contributed by atoms with van der Waals surface area (Å²) in [5, 5.41) is 9.51. The minimum absolute atomic E-state index is 0.107. The van der Waals surface area contributed by atoms with Crippen LogP contribution in [0.15, 0.2) is 72.8 Å². The summed E-state index contributed by atoms with van der Waals surface area (Å²) >= 11 is 0. The van der Waals surface area contributed by atoms with E-state index in [2.05, 4.69) is 20.9 Å². The maximum absolute atomic E-state index is 13.0. The molecule has 3 N–H and O–H groups in total. The van der Waals surface area contributed by atoms with Crippen LogP contribution in [0, 0.1) is 0 Å². The van der Waals surface area contributed by atoms with Crippen molar-refractivity contribution in [1.29, 1.82) is 0 Å². The number of hydrogen-bond acceptors (Lipinski definition) is 5. The number of carbonyl (C=O) groups excluding carboxylic acids is 3. The van der Waals surface area contributed by atoms with Crippen LogP contribution in [0.25, 0.3) is 0 Å². The van der Waals surface area contributed by atoms with Crippen LogP contribution in [-0.2, 0) is 27.2 Å². The van der Waals surface area contributed by atoms with Crippen molar-refractivity contribution < 1.29 is 14.4 Å². The smallest absolute Gasteiger partial charge is 0.247 e. The van der Waals surface area contributed by atoms with Crippen molar-refractivity contribution in [2.24, 2.45) is 0 Å². The van der Waals surface area contributed by atoms with Gasteiger partial charge in [0.25, 0.3) is 0 Å². The summed E-state index contributed by atoms with van der Waals surface area (Å²) in [5.41, 5.74) is 4.94. The summed E-state index contributed by atoms with van der Waals surface area (Å²) in [5.74, 6) is -0.00971. The van der Waals surface area contributed by atoms with Gasteiger partial charge < -0.3 is 25.8 Å². The first-order valence-corrected chi connectivity index (χ1v) is 13.6. The van der Waals surface area contributed by atoms with Crippen LogP contribution in [0.3, 0.4) is 0 Å². The van der Waals surface area contributed by atoms with Gasteiger partial charge in [-0.05, 0) is 36.1 Å². The summed E-state index contributed by atoms with van der Waals surface area (Å²) < 4.78 is 0. The van der Waals surface area contributed by atoms with Gasteiger partial charge in [0.05, 0.1) is 29.2 Å². The van der Waals surface area contributed by atoms with E-state index < -0.39 is 6.04 Å². The number of nitrogens with one attached hydrogen (secondary N) is 3. The topological polar surface area (TPSA) is 93.8 Å². The summed E-state index contributed by atoms with van der Waals surface area (Å²) in [6.07, 6.45) is 3.20. The van der Waals surface area contributed by atoms with Gasteiger partial charge in [-0.2, -0.15) is 0 Å². The van der Waals surface area contributed by atoms with Crippen molar-refractivity contribution in [1.82, 2.24) is 4.90 Å². The summed E-state index contributed by atoms with van der Waals surface area (Å²) in [7, 11) is 1.99. The Kier molecular flexibility index (Phi) is 8.10. The largest absolute Gasteiger partial charge is 0.373 e. The van der Waals surface area contributed by atoms with Crippen molar-refractivity contribution in [2.45, 2.75) is 38.1 Å². The summed E-state index contributed by atoms with van der Waals surface area (Å²) in [4.78, 5) is 42.0. The second-order valence-corrected chi connectivity index (χ2v) is 10.3. The molecule has 202 valence electrons. The van der Waals surface area contributed by atoms with Gasteiger partial charge in [0.15, 0.2) is 0 Å². The van der Waals surface area contributed by atoms with Crippen molar-refractivity contribution in [3.05, 3.63) is 83.9 Å². The Balaban J connectivity index is 1.35. The van der Waals surface area contributed by atoms with Crippen molar-refractivity contribution in [3.63, 3.8) is 0 Å². The number of hydrogen-bond donors (Lipinski definition) is 3. The molecule has 1 unspecified atom stereocenters. The molecule has 3 aromatic rings. The van der Waals surface area contributed by atoms with Crippen LogP contribution in [0.5, 0.6) is 0 Å². The zero-order valence-electron chi connectivity index (χ0n) is 22.3. The first-order valence-electron chi connectivity index (χ1n) is 13.6. The van der Waals surface area contributed by atoms with Gasteiger partial charge >= 0.3 is 0 Å². The van der Waals surface area contributed by atoms with Crippen LogP contribution in [0.4, 0.5) is 22.7 Å². The van der Waals surface area contributed by atoms with E-state index in [4.69, 9.17) is 0 Å². The third kappa shape index (κ3) is 6.57. The molecule has 0 radical (unpaired) electrons. The molecular formula is C31H35N5O3. The molecule has 39 heavy (non-hydrogen) atoms. The number of carbonyl (C=O) groups is 3. The quantitative estimate of drug-likeness (QED) is 0.367. The predicted octanol–water partition coefficient (Wildman–Crippen LogP) is 4.29. The Bertz CT molecular complexity index is 1330. The highest BCUT2D eigenvalue weighted by molar-refractivity contribution is 6.06. The molecule has 2 aliphatic rings. The van der Waals surface area contributed by atoms with E-state index in [1.165, 1.54) is 0 Å². The van der Waals surface area contributed by atoms with Gasteiger partial charge in [-0.15, -0.1) is 0 Å². The van der Waals surface area contributed by atoms with Crippen LogP contribution in [0.1, 0.15) is 30.4 Å². The van der Waals surface area contributed by atoms with Crippen LogP contribution in [0.2, 0.25) is 0 Å². The molecular weight excluding hydrogens is 490 g/mol. The number of nitrogens with zero attached hydrogens (tertiary/aromatic N) is 2. The molecule has 8 nitrogen and oxygen atoms in total. The molecule has 3 amide bonds. The van der Waals surface area contributed by atoms with Gasteiger partial charge in [-0.25, -0.2) is 0 Å². The van der Waals surface area contributed by atoms with Crippen molar-refractivity contribution in [3.8, 4) is 0 Å². The molecule has 0 bridgehead atoms. The SMILES string of the molecule is CN(CCCN1CCCC1=O)c1cc2c(cc1NC(=O)Cc1ccccc1)NC(=O)C(Cc1ccccc1)N2. The van der Waals surface area contributed by atoms with E-state index in [1.807, 2.05) is 84.7 Å². The highest BCUT2D eigenvalue weighted by atomic mass is 16.2. The fourth-order valence-corrected chi connectivity index (χ4v) is 5.23. The van der Waals surface area contributed by atoms with Gasteiger partial charge in [0, 0.05) is 39.5 Å². The summed E-state index contributed by atoms with van der Waals surface area (Å²) in [6.45, 7) is 2.26. The van der Waals surface area contributed by atoms with Crippen molar-refractivity contribution in [2.75, 3.05) is 47.5 Å². The maximum atomic E-state index is 13.0. The first kappa shape index (κ1) is 26.3. The normalized spacial score (nSPS) is 16.3. The van der Waals surface area contributed by atoms with E-state index in [0.717, 1.165) is 48.4 Å². The van der Waals surface area contributed by atoms with E-state index in [9.17, 15) is 14.4 Å². The maximum Gasteiger partial charge on any atom is 0.247 e. The number of benzene rings is 3. The third-order valence-electron chi connectivity index (χ3n) is 7.31. The molecule has 2 aliphatic heterocycles. The predicted molar refractivity (Wildman–Crippen MR) is 155 cm³/mol.